The molecule has 0 aromatic heterocycles. The Morgan fingerprint density at radius 3 is 2.45 bits per heavy atom. The zero-order chi connectivity index (χ0) is 14.4. The maximum absolute atomic E-state index is 12.2. The zero-order valence-corrected chi connectivity index (χ0v) is 12.9. The van der Waals surface area contributed by atoms with Crippen LogP contribution in [0.2, 0.25) is 0 Å². The van der Waals surface area contributed by atoms with Gasteiger partial charge >= 0.3 is 0 Å². The number of rotatable bonds is 6. The molecule has 1 aromatic carbocycles. The monoisotopic (exact) mass is 296 g/mol. The molecule has 1 aliphatic rings. The first-order valence-electron chi connectivity index (χ1n) is 7.41. The molecule has 2 N–H and O–H groups in total. The number of hydrogen-bond acceptors (Lipinski definition) is 3. The smallest absolute Gasteiger partial charge is 0.240 e. The summed E-state index contributed by atoms with van der Waals surface area (Å²) >= 11 is 0. The Labute approximate surface area is 122 Å². The lowest BCUT2D eigenvalue weighted by Gasteiger charge is -2.22. The van der Waals surface area contributed by atoms with Crippen molar-refractivity contribution in [2.24, 2.45) is 5.92 Å². The fraction of sp³-hybridized carbons (Fsp3) is 0.600. The second kappa shape index (κ2) is 7.20. The van der Waals surface area contributed by atoms with E-state index in [0.29, 0.717) is 17.4 Å². The van der Waals surface area contributed by atoms with Crippen LogP contribution in [-0.2, 0) is 16.4 Å². The van der Waals surface area contributed by atoms with Crippen LogP contribution in [0.25, 0.3) is 0 Å². The molecule has 1 heterocycles. The van der Waals surface area contributed by atoms with Crippen LogP contribution < -0.4 is 10.0 Å². The molecule has 0 saturated carbocycles. The lowest BCUT2D eigenvalue weighted by molar-refractivity contribution is 0.372. The lowest BCUT2D eigenvalue weighted by Crippen LogP contribution is -2.35. The van der Waals surface area contributed by atoms with Crippen molar-refractivity contribution in [3.05, 3.63) is 29.8 Å². The topological polar surface area (TPSA) is 58.2 Å². The summed E-state index contributed by atoms with van der Waals surface area (Å²) in [7, 11) is -3.36. The quantitative estimate of drug-likeness (QED) is 0.843. The molecule has 1 aliphatic heterocycles. The highest BCUT2D eigenvalue weighted by molar-refractivity contribution is 7.89. The number of sulfonamides is 1. The van der Waals surface area contributed by atoms with Gasteiger partial charge in [-0.1, -0.05) is 25.5 Å². The predicted octanol–water partition coefficient (Wildman–Crippen LogP) is 1.92. The van der Waals surface area contributed by atoms with E-state index < -0.39 is 10.0 Å². The molecule has 20 heavy (non-hydrogen) atoms. The van der Waals surface area contributed by atoms with E-state index in [9.17, 15) is 8.42 Å². The summed E-state index contributed by atoms with van der Waals surface area (Å²) in [6.07, 6.45) is 4.14. The van der Waals surface area contributed by atoms with Crippen molar-refractivity contribution in [1.29, 1.82) is 0 Å². The molecule has 0 spiro atoms. The van der Waals surface area contributed by atoms with Crippen molar-refractivity contribution in [2.75, 3.05) is 19.6 Å². The van der Waals surface area contributed by atoms with Crippen LogP contribution in [0, 0.1) is 5.92 Å². The molecule has 1 saturated heterocycles. The van der Waals surface area contributed by atoms with E-state index in [-0.39, 0.29) is 0 Å². The van der Waals surface area contributed by atoms with Crippen molar-refractivity contribution in [1.82, 2.24) is 10.0 Å². The van der Waals surface area contributed by atoms with Crippen molar-refractivity contribution < 1.29 is 8.42 Å². The van der Waals surface area contributed by atoms with Crippen molar-refractivity contribution >= 4 is 10.0 Å². The summed E-state index contributed by atoms with van der Waals surface area (Å²) < 4.78 is 27.2. The molecular weight excluding hydrogens is 272 g/mol. The highest BCUT2D eigenvalue weighted by Gasteiger charge is 2.18. The van der Waals surface area contributed by atoms with E-state index >= 15 is 0 Å². The standard InChI is InChI=1S/C15H24N2O2S/c1-2-3-13-4-6-15(7-5-13)20(18,19)17-12-14-8-10-16-11-9-14/h4-7,14,16-17H,2-3,8-12H2,1H3. The van der Waals surface area contributed by atoms with Crippen molar-refractivity contribution in [3.63, 3.8) is 0 Å². The Hall–Kier alpha value is -0.910. The summed E-state index contributed by atoms with van der Waals surface area (Å²) in [6.45, 7) is 4.63. The van der Waals surface area contributed by atoms with Crippen LogP contribution in [0.4, 0.5) is 0 Å². The number of aryl methyl sites for hydroxylation is 1. The summed E-state index contributed by atoms with van der Waals surface area (Å²) in [5, 5.41) is 3.28. The van der Waals surface area contributed by atoms with Crippen LogP contribution in [0.3, 0.4) is 0 Å². The van der Waals surface area contributed by atoms with E-state index in [0.717, 1.165) is 38.8 Å². The second-order valence-corrected chi connectivity index (χ2v) is 7.21. The first-order valence-corrected chi connectivity index (χ1v) is 8.89. The third kappa shape index (κ3) is 4.30. The van der Waals surface area contributed by atoms with Crippen molar-refractivity contribution in [2.45, 2.75) is 37.5 Å². The van der Waals surface area contributed by atoms with Gasteiger partial charge < -0.3 is 5.32 Å². The van der Waals surface area contributed by atoms with Gasteiger partial charge in [-0.2, -0.15) is 0 Å². The molecule has 5 heteroatoms. The Balaban J connectivity index is 1.94. The van der Waals surface area contributed by atoms with Gasteiger partial charge in [-0.3, -0.25) is 0 Å². The molecule has 0 bridgehead atoms. The van der Waals surface area contributed by atoms with Crippen LogP contribution in [0.5, 0.6) is 0 Å². The number of benzene rings is 1. The van der Waals surface area contributed by atoms with Gasteiger partial charge in [0.1, 0.15) is 0 Å². The van der Waals surface area contributed by atoms with Crippen LogP contribution in [0.15, 0.2) is 29.2 Å². The number of hydrogen-bond donors (Lipinski definition) is 2. The van der Waals surface area contributed by atoms with E-state index in [2.05, 4.69) is 17.0 Å². The molecule has 0 amide bonds. The molecule has 112 valence electrons. The largest absolute Gasteiger partial charge is 0.317 e. The molecule has 0 atom stereocenters. The van der Waals surface area contributed by atoms with Crippen LogP contribution >= 0.6 is 0 Å². The first-order chi connectivity index (χ1) is 9.62. The fourth-order valence-corrected chi connectivity index (χ4v) is 3.64. The summed E-state index contributed by atoms with van der Waals surface area (Å²) in [5.41, 5.74) is 1.19. The highest BCUT2D eigenvalue weighted by atomic mass is 32.2. The van der Waals surface area contributed by atoms with Crippen molar-refractivity contribution in [3.8, 4) is 0 Å². The highest BCUT2D eigenvalue weighted by Crippen LogP contribution is 2.14. The van der Waals surface area contributed by atoms with Crippen LogP contribution in [-0.4, -0.2) is 28.1 Å². The predicted molar refractivity (Wildman–Crippen MR) is 81.2 cm³/mol. The zero-order valence-electron chi connectivity index (χ0n) is 12.1. The molecule has 1 aromatic rings. The Bertz CT molecular complexity index is 505. The second-order valence-electron chi connectivity index (χ2n) is 5.44. The third-order valence-corrected chi connectivity index (χ3v) is 5.23. The SMILES string of the molecule is CCCc1ccc(S(=O)(=O)NCC2CCNCC2)cc1. The van der Waals surface area contributed by atoms with E-state index in [1.165, 1.54) is 5.56 Å². The first kappa shape index (κ1) is 15.5. The average Bonchev–Trinajstić information content (AvgIpc) is 2.47. The lowest BCUT2D eigenvalue weighted by atomic mass is 9.99. The molecule has 4 nitrogen and oxygen atoms in total. The summed E-state index contributed by atoms with van der Waals surface area (Å²) in [6, 6.07) is 7.22. The maximum Gasteiger partial charge on any atom is 0.240 e. The number of nitrogens with one attached hydrogen (secondary N) is 2. The molecule has 2 rings (SSSR count). The molecule has 1 fully saturated rings. The molecule has 0 unspecified atom stereocenters. The van der Waals surface area contributed by atoms with Gasteiger partial charge in [0.15, 0.2) is 0 Å². The van der Waals surface area contributed by atoms with E-state index in [1.54, 1.807) is 12.1 Å². The Morgan fingerprint density at radius 1 is 1.20 bits per heavy atom. The fourth-order valence-electron chi connectivity index (χ4n) is 2.52. The van der Waals surface area contributed by atoms with Gasteiger partial charge in [-0.05, 0) is 56.0 Å². The van der Waals surface area contributed by atoms with Gasteiger partial charge in [0.25, 0.3) is 0 Å². The number of piperidine rings is 1. The van der Waals surface area contributed by atoms with Crippen LogP contribution in [0.1, 0.15) is 31.7 Å². The Kier molecular flexibility index (Phi) is 5.57. The molecule has 0 aliphatic carbocycles. The van der Waals surface area contributed by atoms with Gasteiger partial charge in [0, 0.05) is 6.54 Å². The normalized spacial score (nSPS) is 17.2. The minimum atomic E-state index is -3.36. The maximum atomic E-state index is 12.2. The Morgan fingerprint density at radius 2 is 1.85 bits per heavy atom. The van der Waals surface area contributed by atoms with Gasteiger partial charge in [-0.15, -0.1) is 0 Å². The summed E-state index contributed by atoms with van der Waals surface area (Å²) in [4.78, 5) is 0.367. The summed E-state index contributed by atoms with van der Waals surface area (Å²) in [5.74, 6) is 0.449. The minimum absolute atomic E-state index is 0.367. The van der Waals surface area contributed by atoms with Gasteiger partial charge in [0.05, 0.1) is 4.90 Å². The van der Waals surface area contributed by atoms with Gasteiger partial charge in [0.2, 0.25) is 10.0 Å². The minimum Gasteiger partial charge on any atom is -0.317 e. The van der Waals surface area contributed by atoms with Gasteiger partial charge in [-0.25, -0.2) is 13.1 Å². The van der Waals surface area contributed by atoms with E-state index in [1.807, 2.05) is 12.1 Å². The third-order valence-electron chi connectivity index (χ3n) is 3.79. The molecular formula is C15H24N2O2S. The average molecular weight is 296 g/mol. The molecule has 0 radical (unpaired) electrons. The van der Waals surface area contributed by atoms with E-state index in [4.69, 9.17) is 0 Å².